The molecule has 0 rings (SSSR count). The van der Waals surface area contributed by atoms with E-state index in [0.29, 0.717) is 0 Å². The average Bonchev–Trinajstić information content (AvgIpc) is 2.12. The largest absolute Gasteiger partial charge is 2.00 e. The van der Waals surface area contributed by atoms with Crippen molar-refractivity contribution in [3.05, 3.63) is 0 Å². The molecule has 0 saturated heterocycles. The number of carbonyl (C=O) groups excluding carboxylic acids is 1. The zero-order valence-corrected chi connectivity index (χ0v) is 12.8. The van der Waals surface area contributed by atoms with Crippen molar-refractivity contribution in [1.29, 1.82) is 0 Å². The van der Waals surface area contributed by atoms with Gasteiger partial charge in [-0.1, -0.05) is 0 Å². The number of aliphatic hydroxyl groups is 5. The van der Waals surface area contributed by atoms with Crippen LogP contribution in [0.4, 0.5) is 0 Å². The van der Waals surface area contributed by atoms with Crippen molar-refractivity contribution in [2.24, 2.45) is 0 Å². The molecule has 0 saturated carbocycles. The van der Waals surface area contributed by atoms with E-state index in [2.05, 4.69) is 0 Å². The molecule has 78 valence electrons. The summed E-state index contributed by atoms with van der Waals surface area (Å²) in [7, 11) is 0. The zero-order chi connectivity index (χ0) is 9.72. The van der Waals surface area contributed by atoms with Gasteiger partial charge in [-0.2, -0.15) is 0 Å². The molecule has 0 aromatic rings. The summed E-state index contributed by atoms with van der Waals surface area (Å²) in [5, 5.41) is 43.5. The Morgan fingerprint density at radius 3 is 1.86 bits per heavy atom. The Kier molecular flexibility index (Phi) is 16.1. The summed E-state index contributed by atoms with van der Waals surface area (Å²) in [6, 6.07) is 0. The van der Waals surface area contributed by atoms with Crippen LogP contribution in [0.25, 0.3) is 0 Å². The first-order valence-corrected chi connectivity index (χ1v) is 3.33. The number of rotatable bonds is 5. The first-order valence-electron chi connectivity index (χ1n) is 3.33. The summed E-state index contributed by atoms with van der Waals surface area (Å²) >= 11 is 0. The van der Waals surface area contributed by atoms with E-state index in [0.717, 1.165) is 0 Å². The minimum atomic E-state index is -1.79. The minimum Gasteiger partial charge on any atom is -1.00 e. The van der Waals surface area contributed by atoms with Crippen LogP contribution in [0.5, 0.6) is 0 Å². The van der Waals surface area contributed by atoms with Crippen LogP contribution in [0.2, 0.25) is 0 Å². The van der Waals surface area contributed by atoms with Crippen LogP contribution in [0, 0.1) is 0 Å². The smallest absolute Gasteiger partial charge is 1.00 e. The standard InChI is InChI=1S/C6H12O6.Ca.Zn.2H/c7-1-3(9)5(11)6(12)4(10)2-8;;;;/h1,3-6,8-12H,2H2;;;;/q;+2;;2*-1/t3-,4+,5+,6+;;;;/m0..../s1. The monoisotopic (exact) mass is 286 g/mol. The van der Waals surface area contributed by atoms with Gasteiger partial charge in [0.05, 0.1) is 6.61 Å². The van der Waals surface area contributed by atoms with Gasteiger partial charge < -0.3 is 33.2 Å². The predicted octanol–water partition coefficient (Wildman–Crippen LogP) is -3.54. The molecule has 0 heterocycles. The number of aldehydes is 1. The molecule has 0 spiro atoms. The van der Waals surface area contributed by atoms with Crippen molar-refractivity contribution >= 4 is 44.0 Å². The zero-order valence-electron chi connectivity index (χ0n) is 9.65. The summed E-state index contributed by atoms with van der Waals surface area (Å²) in [6.07, 6.45) is -6.84. The van der Waals surface area contributed by atoms with Crippen LogP contribution in [0.1, 0.15) is 2.85 Å². The third-order valence-corrected chi connectivity index (χ3v) is 1.42. The molecule has 0 bridgehead atoms. The molecule has 4 atom stereocenters. The van der Waals surface area contributed by atoms with E-state index >= 15 is 0 Å². The van der Waals surface area contributed by atoms with Crippen LogP contribution < -0.4 is 0 Å². The molecule has 8 heteroatoms. The first kappa shape index (κ1) is 20.7. The molecule has 0 unspecified atom stereocenters. The number of aliphatic hydroxyl groups excluding tert-OH is 5. The van der Waals surface area contributed by atoms with E-state index in [-0.39, 0.29) is 66.4 Å². The molecule has 14 heavy (non-hydrogen) atoms. The van der Waals surface area contributed by atoms with Gasteiger partial charge in [0.15, 0.2) is 6.29 Å². The summed E-state index contributed by atoms with van der Waals surface area (Å²) in [6.45, 7) is -0.760. The summed E-state index contributed by atoms with van der Waals surface area (Å²) in [4.78, 5) is 9.90. The molecule has 0 aliphatic rings. The fourth-order valence-corrected chi connectivity index (χ4v) is 0.618. The maximum absolute atomic E-state index is 9.90. The molecule has 0 fully saturated rings. The molecule has 0 radical (unpaired) electrons. The minimum absolute atomic E-state index is 0. The predicted molar refractivity (Wildman–Crippen MR) is 45.2 cm³/mol. The molecule has 5 N–H and O–H groups in total. The number of carbonyl (C=O) groups is 1. The van der Waals surface area contributed by atoms with E-state index in [4.69, 9.17) is 25.5 Å². The third kappa shape index (κ3) is 6.77. The Morgan fingerprint density at radius 1 is 1.14 bits per heavy atom. The molecule has 0 aromatic heterocycles. The normalized spacial score (nSPS) is 18.1. The van der Waals surface area contributed by atoms with Crippen molar-refractivity contribution in [1.82, 2.24) is 0 Å². The van der Waals surface area contributed by atoms with Crippen LogP contribution in [0.3, 0.4) is 0 Å². The van der Waals surface area contributed by atoms with Gasteiger partial charge >= 0.3 is 37.7 Å². The topological polar surface area (TPSA) is 118 Å². The van der Waals surface area contributed by atoms with Crippen LogP contribution in [-0.2, 0) is 24.3 Å². The Morgan fingerprint density at radius 2 is 1.57 bits per heavy atom. The van der Waals surface area contributed by atoms with E-state index in [9.17, 15) is 4.79 Å². The second-order valence-electron chi connectivity index (χ2n) is 2.36. The van der Waals surface area contributed by atoms with Gasteiger partial charge in [-0.3, -0.25) is 0 Å². The van der Waals surface area contributed by atoms with Gasteiger partial charge in [0.1, 0.15) is 24.4 Å². The Balaban J connectivity index is -0.000000101. The fraction of sp³-hybridized carbons (Fsp3) is 0.833. The number of hydrogen-bond acceptors (Lipinski definition) is 6. The molecule has 6 nitrogen and oxygen atoms in total. The van der Waals surface area contributed by atoms with Gasteiger partial charge in [0.2, 0.25) is 0 Å². The van der Waals surface area contributed by atoms with Crippen LogP contribution in [-0.4, -0.2) is 101 Å². The Hall–Kier alpha value is 1.35. The van der Waals surface area contributed by atoms with E-state index in [1.165, 1.54) is 0 Å². The Labute approximate surface area is 127 Å². The van der Waals surface area contributed by atoms with Crippen molar-refractivity contribution in [2.45, 2.75) is 24.4 Å². The first-order chi connectivity index (χ1) is 5.54. The summed E-state index contributed by atoms with van der Waals surface area (Å²) in [5.41, 5.74) is 0. The maximum Gasteiger partial charge on any atom is 2.00 e. The van der Waals surface area contributed by atoms with E-state index < -0.39 is 31.0 Å². The summed E-state index contributed by atoms with van der Waals surface area (Å²) in [5.74, 6) is 0. The molecule has 0 aromatic carbocycles. The second kappa shape index (κ2) is 10.9. The van der Waals surface area contributed by atoms with Crippen molar-refractivity contribution in [2.75, 3.05) is 6.61 Å². The van der Waals surface area contributed by atoms with Gasteiger partial charge in [0, 0.05) is 19.5 Å². The maximum atomic E-state index is 9.90. The number of hydrogen-bond donors (Lipinski definition) is 5. The van der Waals surface area contributed by atoms with Gasteiger partial charge in [-0.25, -0.2) is 0 Å². The molecule has 0 aliphatic carbocycles. The fourth-order valence-electron chi connectivity index (χ4n) is 0.618. The van der Waals surface area contributed by atoms with Crippen LogP contribution >= 0.6 is 0 Å². The average molecular weight is 288 g/mol. The molecular weight excluding hydrogens is 274 g/mol. The summed E-state index contributed by atoms with van der Waals surface area (Å²) < 4.78 is 0. The van der Waals surface area contributed by atoms with Crippen molar-refractivity contribution < 1.29 is 52.7 Å². The SMILES string of the molecule is O=C[C@H](O)[C@@H](O)[C@H](O)[C@H](O)CO.[Ca+2].[H-].[H-].[Zn]. The molecular formula is C6H14CaO6Zn. The van der Waals surface area contributed by atoms with Gasteiger partial charge in [0.25, 0.3) is 0 Å². The quantitative estimate of drug-likeness (QED) is 0.264. The van der Waals surface area contributed by atoms with Gasteiger partial charge in [-0.15, -0.1) is 0 Å². The third-order valence-electron chi connectivity index (χ3n) is 1.42. The Bertz CT molecular complexity index is 157. The van der Waals surface area contributed by atoms with Gasteiger partial charge in [-0.05, 0) is 0 Å². The second-order valence-corrected chi connectivity index (χ2v) is 2.36. The van der Waals surface area contributed by atoms with Crippen LogP contribution in [0.15, 0.2) is 0 Å². The van der Waals surface area contributed by atoms with Crippen molar-refractivity contribution in [3.63, 3.8) is 0 Å². The van der Waals surface area contributed by atoms with E-state index in [1.54, 1.807) is 0 Å². The molecule has 0 aliphatic heterocycles. The molecule has 0 amide bonds. The van der Waals surface area contributed by atoms with E-state index in [1.807, 2.05) is 0 Å². The van der Waals surface area contributed by atoms with Crippen molar-refractivity contribution in [3.8, 4) is 0 Å².